The molecule has 1 amide bonds. The Morgan fingerprint density at radius 3 is 2.48 bits per heavy atom. The first-order valence-electron chi connectivity index (χ1n) is 6.56. The highest BCUT2D eigenvalue weighted by atomic mass is 19.1. The lowest BCUT2D eigenvalue weighted by Gasteiger charge is -2.07. The molecule has 0 atom stereocenters. The van der Waals surface area contributed by atoms with Crippen LogP contribution < -0.4 is 10.6 Å². The van der Waals surface area contributed by atoms with Crippen LogP contribution in [0.5, 0.6) is 0 Å². The van der Waals surface area contributed by atoms with Gasteiger partial charge in [-0.2, -0.15) is 0 Å². The normalized spacial score (nSPS) is 10.2. The Hall–Kier alpha value is -2.50. The fourth-order valence-electron chi connectivity index (χ4n) is 1.72. The molecule has 0 aliphatic rings. The van der Waals surface area contributed by atoms with Gasteiger partial charge in [0.1, 0.15) is 17.5 Å². The van der Waals surface area contributed by atoms with Gasteiger partial charge in [-0.15, -0.1) is 0 Å². The maximum absolute atomic E-state index is 13.0. The average molecular weight is 291 g/mol. The number of pyridine rings is 1. The first-order chi connectivity index (χ1) is 10.1. The number of halogens is 2. The monoisotopic (exact) mass is 291 g/mol. The van der Waals surface area contributed by atoms with Gasteiger partial charge in [-0.25, -0.2) is 13.8 Å². The molecule has 2 rings (SSSR count). The number of aromatic nitrogens is 1. The van der Waals surface area contributed by atoms with Crippen molar-refractivity contribution in [2.75, 3.05) is 17.2 Å². The maximum Gasteiger partial charge on any atom is 0.257 e. The summed E-state index contributed by atoms with van der Waals surface area (Å²) in [4.78, 5) is 16.0. The quantitative estimate of drug-likeness (QED) is 0.887. The molecule has 21 heavy (non-hydrogen) atoms. The van der Waals surface area contributed by atoms with E-state index >= 15 is 0 Å². The zero-order valence-electron chi connectivity index (χ0n) is 11.5. The molecular weight excluding hydrogens is 276 g/mol. The summed E-state index contributed by atoms with van der Waals surface area (Å²) in [5.74, 6) is -1.30. The fourth-order valence-corrected chi connectivity index (χ4v) is 1.72. The molecule has 0 fully saturated rings. The van der Waals surface area contributed by atoms with Gasteiger partial charge in [0.25, 0.3) is 5.91 Å². The van der Waals surface area contributed by atoms with Gasteiger partial charge in [-0.05, 0) is 30.7 Å². The van der Waals surface area contributed by atoms with Crippen molar-refractivity contribution in [2.45, 2.75) is 13.3 Å². The van der Waals surface area contributed by atoms with E-state index in [2.05, 4.69) is 15.6 Å². The minimum atomic E-state index is -0.748. The van der Waals surface area contributed by atoms with Crippen LogP contribution in [-0.4, -0.2) is 17.4 Å². The molecule has 0 saturated heterocycles. The number of hydrogen-bond acceptors (Lipinski definition) is 3. The fraction of sp³-hybridized carbons (Fsp3) is 0.200. The Balaban J connectivity index is 2.06. The van der Waals surface area contributed by atoms with Crippen LogP contribution in [0.3, 0.4) is 0 Å². The van der Waals surface area contributed by atoms with Crippen molar-refractivity contribution in [2.24, 2.45) is 0 Å². The Kier molecular flexibility index (Phi) is 4.81. The predicted molar refractivity (Wildman–Crippen MR) is 77.3 cm³/mol. The van der Waals surface area contributed by atoms with Crippen LogP contribution in [0.4, 0.5) is 20.3 Å². The van der Waals surface area contributed by atoms with Gasteiger partial charge in [0.05, 0.1) is 5.56 Å². The summed E-state index contributed by atoms with van der Waals surface area (Å²) < 4.78 is 26.1. The number of amides is 1. The van der Waals surface area contributed by atoms with Crippen molar-refractivity contribution < 1.29 is 13.6 Å². The third kappa shape index (κ3) is 4.24. The number of nitrogens with zero attached hydrogens (tertiary/aromatic N) is 1. The minimum Gasteiger partial charge on any atom is -0.370 e. The smallest absolute Gasteiger partial charge is 0.257 e. The molecule has 1 aromatic heterocycles. The SMILES string of the molecule is CCCNc1ccc(C(=O)Nc2cc(F)cc(F)c2)cn1. The van der Waals surface area contributed by atoms with Crippen LogP contribution in [0, 0.1) is 11.6 Å². The Bertz CT molecular complexity index is 609. The number of hydrogen-bond donors (Lipinski definition) is 2. The first-order valence-corrected chi connectivity index (χ1v) is 6.56. The number of rotatable bonds is 5. The number of benzene rings is 1. The highest BCUT2D eigenvalue weighted by molar-refractivity contribution is 6.04. The predicted octanol–water partition coefficient (Wildman–Crippen LogP) is 3.43. The molecule has 0 spiro atoms. The van der Waals surface area contributed by atoms with Crippen molar-refractivity contribution in [3.8, 4) is 0 Å². The van der Waals surface area contributed by atoms with Crippen LogP contribution in [0.25, 0.3) is 0 Å². The number of anilines is 2. The number of carbonyl (C=O) groups excluding carboxylic acids is 1. The van der Waals surface area contributed by atoms with Crippen molar-refractivity contribution in [1.29, 1.82) is 0 Å². The Morgan fingerprint density at radius 2 is 1.90 bits per heavy atom. The summed E-state index contributed by atoms with van der Waals surface area (Å²) in [6.07, 6.45) is 2.37. The van der Waals surface area contributed by atoms with Gasteiger partial charge in [-0.1, -0.05) is 6.92 Å². The van der Waals surface area contributed by atoms with Crippen LogP contribution in [0.1, 0.15) is 23.7 Å². The molecule has 0 radical (unpaired) electrons. The molecule has 1 heterocycles. The minimum absolute atomic E-state index is 0.0608. The lowest BCUT2D eigenvalue weighted by Crippen LogP contribution is -2.13. The highest BCUT2D eigenvalue weighted by Gasteiger charge is 2.08. The van der Waals surface area contributed by atoms with Gasteiger partial charge in [0.15, 0.2) is 0 Å². The molecule has 2 N–H and O–H groups in total. The molecule has 0 unspecified atom stereocenters. The molecular formula is C15H15F2N3O. The van der Waals surface area contributed by atoms with E-state index in [9.17, 15) is 13.6 Å². The second kappa shape index (κ2) is 6.78. The molecule has 0 aliphatic heterocycles. The van der Waals surface area contributed by atoms with Crippen LogP contribution in [0.15, 0.2) is 36.5 Å². The van der Waals surface area contributed by atoms with Gasteiger partial charge in [-0.3, -0.25) is 4.79 Å². The third-order valence-electron chi connectivity index (χ3n) is 2.70. The summed E-state index contributed by atoms with van der Waals surface area (Å²) in [5.41, 5.74) is 0.368. The summed E-state index contributed by atoms with van der Waals surface area (Å²) >= 11 is 0. The summed E-state index contributed by atoms with van der Waals surface area (Å²) in [6.45, 7) is 2.83. The van der Waals surface area contributed by atoms with Crippen molar-refractivity contribution in [3.63, 3.8) is 0 Å². The van der Waals surface area contributed by atoms with Gasteiger partial charge in [0.2, 0.25) is 0 Å². The highest BCUT2D eigenvalue weighted by Crippen LogP contribution is 2.14. The first kappa shape index (κ1) is 14.9. The maximum atomic E-state index is 13.0. The molecule has 1 aromatic carbocycles. The topological polar surface area (TPSA) is 54.0 Å². The standard InChI is InChI=1S/C15H15F2N3O/c1-2-5-18-14-4-3-10(9-19-14)15(21)20-13-7-11(16)6-12(17)8-13/h3-4,6-9H,2,5H2,1H3,(H,18,19)(H,20,21). The van der Waals surface area contributed by atoms with Crippen LogP contribution in [-0.2, 0) is 0 Å². The van der Waals surface area contributed by atoms with E-state index in [0.29, 0.717) is 11.4 Å². The van der Waals surface area contributed by atoms with Gasteiger partial charge in [0, 0.05) is 24.5 Å². The summed E-state index contributed by atoms with van der Waals surface area (Å²) in [6, 6.07) is 6.11. The second-order valence-electron chi connectivity index (χ2n) is 4.47. The summed E-state index contributed by atoms with van der Waals surface area (Å²) in [7, 11) is 0. The van der Waals surface area contributed by atoms with E-state index in [0.717, 1.165) is 31.2 Å². The van der Waals surface area contributed by atoms with Crippen LogP contribution >= 0.6 is 0 Å². The van der Waals surface area contributed by atoms with Gasteiger partial charge >= 0.3 is 0 Å². The van der Waals surface area contributed by atoms with E-state index in [1.165, 1.54) is 6.20 Å². The Labute approximate surface area is 121 Å². The molecule has 6 heteroatoms. The third-order valence-corrected chi connectivity index (χ3v) is 2.70. The lowest BCUT2D eigenvalue weighted by atomic mass is 10.2. The molecule has 2 aromatic rings. The van der Waals surface area contributed by atoms with Crippen LogP contribution in [0.2, 0.25) is 0 Å². The molecule has 0 saturated carbocycles. The molecule has 110 valence electrons. The Morgan fingerprint density at radius 1 is 1.19 bits per heavy atom. The molecule has 0 aliphatic carbocycles. The number of carbonyl (C=O) groups is 1. The summed E-state index contributed by atoms with van der Waals surface area (Å²) in [5, 5.41) is 5.51. The zero-order valence-corrected chi connectivity index (χ0v) is 11.5. The second-order valence-corrected chi connectivity index (χ2v) is 4.47. The van der Waals surface area contributed by atoms with E-state index in [1.807, 2.05) is 6.92 Å². The van der Waals surface area contributed by atoms with Gasteiger partial charge < -0.3 is 10.6 Å². The zero-order chi connectivity index (χ0) is 15.2. The van der Waals surface area contributed by atoms with E-state index in [4.69, 9.17) is 0 Å². The lowest BCUT2D eigenvalue weighted by molar-refractivity contribution is 0.102. The van der Waals surface area contributed by atoms with E-state index < -0.39 is 17.5 Å². The van der Waals surface area contributed by atoms with Crippen molar-refractivity contribution in [3.05, 3.63) is 53.7 Å². The van der Waals surface area contributed by atoms with E-state index in [1.54, 1.807) is 12.1 Å². The molecule has 0 bridgehead atoms. The number of nitrogens with one attached hydrogen (secondary N) is 2. The molecule has 4 nitrogen and oxygen atoms in total. The largest absolute Gasteiger partial charge is 0.370 e. The van der Waals surface area contributed by atoms with E-state index in [-0.39, 0.29) is 5.69 Å². The average Bonchev–Trinajstić information content (AvgIpc) is 2.44. The van der Waals surface area contributed by atoms with Crippen molar-refractivity contribution in [1.82, 2.24) is 4.98 Å². The van der Waals surface area contributed by atoms with Crippen molar-refractivity contribution >= 4 is 17.4 Å².